The van der Waals surface area contributed by atoms with Crippen LogP contribution in [0.15, 0.2) is 60.7 Å². The van der Waals surface area contributed by atoms with Crippen LogP contribution in [0, 0.1) is 10.1 Å². The number of amides is 1. The number of non-ortho nitro benzene ring substituents is 1. The molecule has 6 heteroatoms. The predicted molar refractivity (Wildman–Crippen MR) is 126 cm³/mol. The highest BCUT2D eigenvalue weighted by Gasteiger charge is 2.43. The molecule has 32 heavy (non-hydrogen) atoms. The van der Waals surface area contributed by atoms with Gasteiger partial charge in [-0.25, -0.2) is 0 Å². The summed E-state index contributed by atoms with van der Waals surface area (Å²) in [7, 11) is 0. The minimum Gasteiger partial charge on any atom is -0.493 e. The highest BCUT2D eigenvalue weighted by atomic mass is 16.6. The van der Waals surface area contributed by atoms with Crippen LogP contribution in [0.25, 0.3) is 10.8 Å². The van der Waals surface area contributed by atoms with E-state index in [0.717, 1.165) is 66.3 Å². The van der Waals surface area contributed by atoms with Crippen molar-refractivity contribution >= 4 is 28.1 Å². The maximum Gasteiger partial charge on any atom is 0.269 e. The van der Waals surface area contributed by atoms with E-state index >= 15 is 0 Å². The van der Waals surface area contributed by atoms with Crippen molar-refractivity contribution in [2.24, 2.45) is 0 Å². The number of hydrogen-bond donors (Lipinski definition) is 1. The normalized spacial score (nSPS) is 14.9. The Morgan fingerprint density at radius 3 is 2.38 bits per heavy atom. The van der Waals surface area contributed by atoms with E-state index < -0.39 is 10.3 Å². The Hall–Kier alpha value is -3.41. The summed E-state index contributed by atoms with van der Waals surface area (Å²) >= 11 is 0. The number of carbonyl (C=O) groups excluding carboxylic acids is 1. The van der Waals surface area contributed by atoms with Gasteiger partial charge in [-0.1, -0.05) is 62.6 Å². The molecule has 0 radical (unpaired) electrons. The lowest BCUT2D eigenvalue weighted by atomic mass is 9.78. The predicted octanol–water partition coefficient (Wildman–Crippen LogP) is 6.38. The fourth-order valence-corrected chi connectivity index (χ4v) is 4.60. The average Bonchev–Trinajstić information content (AvgIpc) is 3.32. The van der Waals surface area contributed by atoms with Crippen LogP contribution in [0.5, 0.6) is 5.75 Å². The van der Waals surface area contributed by atoms with Crippen molar-refractivity contribution in [3.63, 3.8) is 0 Å². The number of nitro benzene ring substituents is 1. The van der Waals surface area contributed by atoms with E-state index in [4.69, 9.17) is 4.74 Å². The standard InChI is InChI=1S/C26H28N2O4/c1-2-3-18-32-24-15-14-23(21-8-4-5-9-22(21)24)27-25(29)26(16-6-7-17-26)19-10-12-20(13-11-19)28(30)31/h4-5,8-15H,2-3,6-7,16-18H2,1H3,(H,27,29). The Labute approximate surface area is 187 Å². The van der Waals surface area contributed by atoms with E-state index in [1.807, 2.05) is 36.4 Å². The zero-order valence-corrected chi connectivity index (χ0v) is 18.3. The van der Waals surface area contributed by atoms with Gasteiger partial charge in [-0.05, 0) is 37.0 Å². The van der Waals surface area contributed by atoms with Crippen molar-refractivity contribution in [2.45, 2.75) is 50.9 Å². The molecule has 0 bridgehead atoms. The van der Waals surface area contributed by atoms with Crippen LogP contribution in [0.2, 0.25) is 0 Å². The molecule has 4 rings (SSSR count). The highest BCUT2D eigenvalue weighted by Crippen LogP contribution is 2.43. The van der Waals surface area contributed by atoms with Gasteiger partial charge in [-0.2, -0.15) is 0 Å². The maximum absolute atomic E-state index is 13.6. The second-order valence-corrected chi connectivity index (χ2v) is 8.41. The number of carbonyl (C=O) groups is 1. The molecule has 1 amide bonds. The van der Waals surface area contributed by atoms with Gasteiger partial charge < -0.3 is 10.1 Å². The molecule has 0 aromatic heterocycles. The topological polar surface area (TPSA) is 81.5 Å². The molecule has 3 aromatic rings. The van der Waals surface area contributed by atoms with E-state index in [-0.39, 0.29) is 11.6 Å². The molecule has 1 aliphatic carbocycles. The van der Waals surface area contributed by atoms with Crippen LogP contribution in [0.1, 0.15) is 51.0 Å². The molecule has 0 atom stereocenters. The molecule has 0 aliphatic heterocycles. The second kappa shape index (κ2) is 9.39. The van der Waals surface area contributed by atoms with Gasteiger partial charge in [0.05, 0.1) is 16.9 Å². The van der Waals surface area contributed by atoms with Crippen LogP contribution in [-0.4, -0.2) is 17.4 Å². The van der Waals surface area contributed by atoms with Crippen molar-refractivity contribution in [1.82, 2.24) is 0 Å². The average molecular weight is 433 g/mol. The molecule has 0 heterocycles. The Morgan fingerprint density at radius 2 is 1.72 bits per heavy atom. The minimum absolute atomic E-state index is 0.0342. The number of rotatable bonds is 8. The van der Waals surface area contributed by atoms with E-state index in [1.165, 1.54) is 12.1 Å². The van der Waals surface area contributed by atoms with Crippen LogP contribution in [0.4, 0.5) is 11.4 Å². The molecule has 1 N–H and O–H groups in total. The monoisotopic (exact) mass is 432 g/mol. The number of fused-ring (bicyclic) bond motifs is 1. The number of nitro groups is 1. The molecule has 1 aliphatic rings. The fourth-order valence-electron chi connectivity index (χ4n) is 4.60. The summed E-state index contributed by atoms with van der Waals surface area (Å²) in [6, 6.07) is 18.2. The number of benzene rings is 3. The molecule has 0 saturated heterocycles. The largest absolute Gasteiger partial charge is 0.493 e. The molecule has 0 spiro atoms. The molecular formula is C26H28N2O4. The first kappa shape index (κ1) is 21.8. The first-order valence-electron chi connectivity index (χ1n) is 11.3. The first-order chi connectivity index (χ1) is 15.5. The minimum atomic E-state index is -0.674. The highest BCUT2D eigenvalue weighted by molar-refractivity contribution is 6.07. The Kier molecular flexibility index (Phi) is 6.40. The maximum atomic E-state index is 13.6. The zero-order chi connectivity index (χ0) is 22.6. The lowest BCUT2D eigenvalue weighted by molar-refractivity contribution is -0.384. The third-order valence-electron chi connectivity index (χ3n) is 6.41. The molecule has 6 nitrogen and oxygen atoms in total. The Bertz CT molecular complexity index is 1120. The van der Waals surface area contributed by atoms with Gasteiger partial charge in [0.25, 0.3) is 5.69 Å². The van der Waals surface area contributed by atoms with E-state index in [1.54, 1.807) is 12.1 Å². The third-order valence-corrected chi connectivity index (χ3v) is 6.41. The number of ether oxygens (including phenoxy) is 1. The van der Waals surface area contributed by atoms with Crippen molar-refractivity contribution in [3.05, 3.63) is 76.3 Å². The number of nitrogens with one attached hydrogen (secondary N) is 1. The second-order valence-electron chi connectivity index (χ2n) is 8.41. The number of nitrogens with zero attached hydrogens (tertiary/aromatic N) is 1. The zero-order valence-electron chi connectivity index (χ0n) is 18.3. The van der Waals surface area contributed by atoms with Crippen LogP contribution >= 0.6 is 0 Å². The lowest BCUT2D eigenvalue weighted by Gasteiger charge is -2.28. The third kappa shape index (κ3) is 4.17. The van der Waals surface area contributed by atoms with Gasteiger partial charge >= 0.3 is 0 Å². The summed E-state index contributed by atoms with van der Waals surface area (Å²) in [5.41, 5.74) is 0.947. The van der Waals surface area contributed by atoms with Gasteiger partial charge in [0.1, 0.15) is 5.75 Å². The Balaban J connectivity index is 1.64. The van der Waals surface area contributed by atoms with Gasteiger partial charge in [0.2, 0.25) is 5.91 Å². The molecule has 166 valence electrons. The summed E-state index contributed by atoms with van der Waals surface area (Å²) in [6.45, 7) is 2.79. The van der Waals surface area contributed by atoms with Crippen LogP contribution in [0.3, 0.4) is 0 Å². The molecular weight excluding hydrogens is 404 g/mol. The molecule has 1 fully saturated rings. The molecule has 1 saturated carbocycles. The van der Waals surface area contributed by atoms with Crippen LogP contribution < -0.4 is 10.1 Å². The van der Waals surface area contributed by atoms with Crippen molar-refractivity contribution < 1.29 is 14.5 Å². The lowest BCUT2D eigenvalue weighted by Crippen LogP contribution is -2.38. The van der Waals surface area contributed by atoms with Crippen LogP contribution in [-0.2, 0) is 10.2 Å². The van der Waals surface area contributed by atoms with Crippen molar-refractivity contribution in [2.75, 3.05) is 11.9 Å². The Morgan fingerprint density at radius 1 is 1.03 bits per heavy atom. The van der Waals surface area contributed by atoms with Gasteiger partial charge in [-0.15, -0.1) is 0 Å². The van der Waals surface area contributed by atoms with Crippen molar-refractivity contribution in [3.8, 4) is 5.75 Å². The van der Waals surface area contributed by atoms with E-state index in [2.05, 4.69) is 12.2 Å². The van der Waals surface area contributed by atoms with Gasteiger partial charge in [0, 0.05) is 28.6 Å². The SMILES string of the molecule is CCCCOc1ccc(NC(=O)C2(c3ccc([N+](=O)[O-])cc3)CCCC2)c2ccccc12. The molecule has 0 unspecified atom stereocenters. The number of anilines is 1. The summed E-state index contributed by atoms with van der Waals surface area (Å²) < 4.78 is 5.97. The van der Waals surface area contributed by atoms with E-state index in [0.29, 0.717) is 6.61 Å². The quantitative estimate of drug-likeness (QED) is 0.254. The number of unbranched alkanes of at least 4 members (excludes halogenated alkanes) is 1. The summed E-state index contributed by atoms with van der Waals surface area (Å²) in [5.74, 6) is 0.756. The molecule has 3 aromatic carbocycles. The summed E-state index contributed by atoms with van der Waals surface area (Å²) in [6.07, 6.45) is 5.42. The fraction of sp³-hybridized carbons (Fsp3) is 0.346. The number of hydrogen-bond acceptors (Lipinski definition) is 4. The van der Waals surface area contributed by atoms with Crippen molar-refractivity contribution in [1.29, 1.82) is 0 Å². The van der Waals surface area contributed by atoms with E-state index in [9.17, 15) is 14.9 Å². The van der Waals surface area contributed by atoms with Gasteiger partial charge in [-0.3, -0.25) is 14.9 Å². The summed E-state index contributed by atoms with van der Waals surface area (Å²) in [4.78, 5) is 24.2. The summed E-state index contributed by atoms with van der Waals surface area (Å²) in [5, 5.41) is 16.1. The smallest absolute Gasteiger partial charge is 0.269 e. The van der Waals surface area contributed by atoms with Gasteiger partial charge in [0.15, 0.2) is 0 Å². The first-order valence-corrected chi connectivity index (χ1v) is 11.3.